The highest BCUT2D eigenvalue weighted by atomic mass is 16.3. The lowest BCUT2D eigenvalue weighted by molar-refractivity contribution is -0.125. The molecule has 0 aliphatic carbocycles. The average molecular weight is 175 g/mol. The van der Waals surface area contributed by atoms with Gasteiger partial charge in [-0.15, -0.1) is 0 Å². The molecule has 0 radical (unpaired) electrons. The Labute approximate surface area is 70.5 Å². The van der Waals surface area contributed by atoms with Gasteiger partial charge in [-0.25, -0.2) is 4.79 Å². The summed E-state index contributed by atoms with van der Waals surface area (Å²) >= 11 is 0. The first kappa shape index (κ1) is 10.9. The van der Waals surface area contributed by atoms with Gasteiger partial charge in [0.2, 0.25) is 5.91 Å². The smallest absolute Gasteiger partial charge is 0.329 e. The molecule has 0 aromatic heterocycles. The van der Waals surface area contributed by atoms with Crippen LogP contribution < -0.4 is 5.73 Å². The molecule has 1 atom stereocenters. The van der Waals surface area contributed by atoms with Gasteiger partial charge < -0.3 is 5.11 Å². The maximum Gasteiger partial charge on any atom is 0.329 e. The summed E-state index contributed by atoms with van der Waals surface area (Å²) in [5.74, 6) is -0.410. The number of carbonyl (C=O) groups is 2. The fourth-order valence-corrected chi connectivity index (χ4v) is 0.484. The van der Waals surface area contributed by atoms with Gasteiger partial charge in [0.15, 0.2) is 6.35 Å². The van der Waals surface area contributed by atoms with Crippen molar-refractivity contribution in [2.45, 2.75) is 13.3 Å². The van der Waals surface area contributed by atoms with Crippen LogP contribution in [0.2, 0.25) is 0 Å². The van der Waals surface area contributed by atoms with E-state index in [9.17, 15) is 9.59 Å². The molecular formula is C6H13N3O3. The van der Waals surface area contributed by atoms with Gasteiger partial charge in [-0.2, -0.15) is 0 Å². The van der Waals surface area contributed by atoms with E-state index in [0.29, 0.717) is 0 Å². The van der Waals surface area contributed by atoms with Crippen molar-refractivity contribution < 1.29 is 14.7 Å². The number of rotatable bonds is 1. The van der Waals surface area contributed by atoms with Crippen molar-refractivity contribution in [2.24, 2.45) is 5.73 Å². The molecule has 3 N–H and O–H groups in total. The van der Waals surface area contributed by atoms with Crippen molar-refractivity contribution in [3.63, 3.8) is 0 Å². The molecule has 0 rings (SSSR count). The summed E-state index contributed by atoms with van der Waals surface area (Å²) in [5, 5.41) is 8.77. The van der Waals surface area contributed by atoms with Gasteiger partial charge in [0.25, 0.3) is 0 Å². The maximum absolute atomic E-state index is 11.1. The highest BCUT2D eigenvalue weighted by Crippen LogP contribution is 1.94. The van der Waals surface area contributed by atoms with Gasteiger partial charge in [-0.3, -0.25) is 20.3 Å². The number of aliphatic hydroxyl groups excluding tert-OH is 1. The zero-order valence-electron chi connectivity index (χ0n) is 7.31. The minimum atomic E-state index is -1.39. The number of hydrogen-bond donors (Lipinski definition) is 2. The monoisotopic (exact) mass is 175 g/mol. The molecule has 3 amide bonds. The molecule has 0 heterocycles. The van der Waals surface area contributed by atoms with E-state index in [-0.39, 0.29) is 0 Å². The number of aliphatic hydroxyl groups is 1. The second-order valence-electron chi connectivity index (χ2n) is 2.39. The quantitative estimate of drug-likeness (QED) is 0.487. The van der Waals surface area contributed by atoms with E-state index < -0.39 is 18.3 Å². The molecule has 6 heteroatoms. The lowest BCUT2D eigenvalue weighted by atomic mass is 10.6. The predicted octanol–water partition coefficient (Wildman–Crippen LogP) is -1.25. The highest BCUT2D eigenvalue weighted by Gasteiger charge is 2.20. The molecule has 12 heavy (non-hydrogen) atoms. The van der Waals surface area contributed by atoms with Crippen LogP contribution in [-0.2, 0) is 4.79 Å². The van der Waals surface area contributed by atoms with Gasteiger partial charge in [-0.05, 0) is 0 Å². The molecular weight excluding hydrogens is 162 g/mol. The van der Waals surface area contributed by atoms with Crippen LogP contribution in [0.15, 0.2) is 0 Å². The number of nitrogens with two attached hydrogens (primary N) is 1. The van der Waals surface area contributed by atoms with Gasteiger partial charge >= 0.3 is 6.03 Å². The predicted molar refractivity (Wildman–Crippen MR) is 41.8 cm³/mol. The van der Waals surface area contributed by atoms with E-state index in [1.165, 1.54) is 21.0 Å². The van der Waals surface area contributed by atoms with Crippen molar-refractivity contribution in [1.29, 1.82) is 0 Å². The standard InChI is InChI=1S/C6H13N3O3/c1-4(10)8(2)6(12)9(3)5(7)11/h5,11H,7H2,1-3H3. The zero-order chi connectivity index (χ0) is 9.89. The van der Waals surface area contributed by atoms with E-state index in [1.54, 1.807) is 0 Å². The molecule has 70 valence electrons. The van der Waals surface area contributed by atoms with Crippen LogP contribution in [0.4, 0.5) is 4.79 Å². The number of nitrogens with zero attached hydrogens (tertiary/aromatic N) is 2. The maximum atomic E-state index is 11.1. The van der Waals surface area contributed by atoms with Gasteiger partial charge in [0.05, 0.1) is 0 Å². The third-order valence-electron chi connectivity index (χ3n) is 1.46. The molecule has 1 unspecified atom stereocenters. The summed E-state index contributed by atoms with van der Waals surface area (Å²) in [7, 11) is 2.61. The largest absolute Gasteiger partial charge is 0.361 e. The minimum Gasteiger partial charge on any atom is -0.361 e. The molecule has 0 aromatic rings. The number of amides is 3. The van der Waals surface area contributed by atoms with Crippen LogP contribution in [0.3, 0.4) is 0 Å². The molecule has 6 nitrogen and oxygen atoms in total. The summed E-state index contributed by atoms with van der Waals surface area (Å²) in [4.78, 5) is 23.5. The van der Waals surface area contributed by atoms with Crippen molar-refractivity contribution in [3.05, 3.63) is 0 Å². The molecule has 0 aliphatic heterocycles. The van der Waals surface area contributed by atoms with Crippen LogP contribution >= 0.6 is 0 Å². The fraction of sp³-hybridized carbons (Fsp3) is 0.667. The summed E-state index contributed by atoms with van der Waals surface area (Å²) in [6.07, 6.45) is -1.39. The normalized spacial score (nSPS) is 12.1. The molecule has 0 bridgehead atoms. The third kappa shape index (κ3) is 2.48. The second kappa shape index (κ2) is 4.03. The Hall–Kier alpha value is -1.14. The van der Waals surface area contributed by atoms with E-state index in [1.807, 2.05) is 0 Å². The SMILES string of the molecule is CC(=O)N(C)C(=O)N(C)C(N)O. The van der Waals surface area contributed by atoms with Crippen molar-refractivity contribution in [2.75, 3.05) is 14.1 Å². The Morgan fingerprint density at radius 1 is 1.42 bits per heavy atom. The van der Waals surface area contributed by atoms with Gasteiger partial charge in [-0.1, -0.05) is 0 Å². The second-order valence-corrected chi connectivity index (χ2v) is 2.39. The Morgan fingerprint density at radius 3 is 2.08 bits per heavy atom. The third-order valence-corrected chi connectivity index (χ3v) is 1.46. The van der Waals surface area contributed by atoms with Gasteiger partial charge in [0, 0.05) is 21.0 Å². The van der Waals surface area contributed by atoms with E-state index in [0.717, 1.165) is 9.80 Å². The molecule has 0 fully saturated rings. The number of imide groups is 1. The van der Waals surface area contributed by atoms with E-state index in [4.69, 9.17) is 10.8 Å². The van der Waals surface area contributed by atoms with Crippen molar-refractivity contribution in [1.82, 2.24) is 9.80 Å². The first-order valence-corrected chi connectivity index (χ1v) is 3.32. The summed E-state index contributed by atoms with van der Waals surface area (Å²) < 4.78 is 0. The molecule has 0 saturated heterocycles. The summed E-state index contributed by atoms with van der Waals surface area (Å²) in [6.45, 7) is 1.24. The summed E-state index contributed by atoms with van der Waals surface area (Å²) in [5.41, 5.74) is 5.00. The lowest BCUT2D eigenvalue weighted by Gasteiger charge is -2.24. The summed E-state index contributed by atoms with van der Waals surface area (Å²) in [6, 6.07) is -0.641. The number of hydrogen-bond acceptors (Lipinski definition) is 4. The Balaban J connectivity index is 4.29. The lowest BCUT2D eigenvalue weighted by Crippen LogP contribution is -2.49. The molecule has 0 saturated carbocycles. The van der Waals surface area contributed by atoms with Crippen LogP contribution in [0.25, 0.3) is 0 Å². The Kier molecular flexibility index (Phi) is 3.65. The first-order chi connectivity index (χ1) is 5.37. The van der Waals surface area contributed by atoms with Crippen LogP contribution in [0.1, 0.15) is 6.92 Å². The Morgan fingerprint density at radius 2 is 1.83 bits per heavy atom. The fourth-order valence-electron chi connectivity index (χ4n) is 0.484. The number of carbonyl (C=O) groups excluding carboxylic acids is 2. The zero-order valence-corrected chi connectivity index (χ0v) is 7.31. The molecule has 0 spiro atoms. The van der Waals surface area contributed by atoms with Crippen LogP contribution in [0.5, 0.6) is 0 Å². The van der Waals surface area contributed by atoms with Crippen LogP contribution in [-0.4, -0.2) is 47.3 Å². The average Bonchev–Trinajstić information content (AvgIpc) is 2.00. The topological polar surface area (TPSA) is 86.9 Å². The van der Waals surface area contributed by atoms with E-state index >= 15 is 0 Å². The molecule has 0 aromatic carbocycles. The highest BCUT2D eigenvalue weighted by molar-refractivity contribution is 5.92. The molecule has 0 aliphatic rings. The van der Waals surface area contributed by atoms with Crippen LogP contribution in [0, 0.1) is 0 Å². The van der Waals surface area contributed by atoms with E-state index in [2.05, 4.69) is 0 Å². The Bertz CT molecular complexity index is 192. The minimum absolute atomic E-state index is 0.410. The first-order valence-electron chi connectivity index (χ1n) is 3.32. The van der Waals surface area contributed by atoms with Crippen molar-refractivity contribution in [3.8, 4) is 0 Å². The van der Waals surface area contributed by atoms with Gasteiger partial charge in [0.1, 0.15) is 0 Å². The number of urea groups is 1. The van der Waals surface area contributed by atoms with Crippen molar-refractivity contribution >= 4 is 11.9 Å².